The number of rotatable bonds is 4. The van der Waals surface area contributed by atoms with Crippen LogP contribution >= 0.6 is 31.9 Å². The molecule has 0 unspecified atom stereocenters. The van der Waals surface area contributed by atoms with Crippen LogP contribution in [0.5, 0.6) is 0 Å². The molecule has 1 aliphatic rings. The lowest BCUT2D eigenvalue weighted by Crippen LogP contribution is -2.15. The van der Waals surface area contributed by atoms with Crippen LogP contribution in [0.15, 0.2) is 25.7 Å². The number of halogens is 2. The quantitative estimate of drug-likeness (QED) is 0.917. The summed E-state index contributed by atoms with van der Waals surface area (Å²) in [6.45, 7) is 0.917. The molecule has 1 aliphatic carbocycles. The van der Waals surface area contributed by atoms with E-state index in [4.69, 9.17) is 4.42 Å². The Bertz CT molecular complexity index is 322. The monoisotopic (exact) mass is 319 g/mol. The lowest BCUT2D eigenvalue weighted by molar-refractivity contribution is 0.529. The first-order valence-electron chi connectivity index (χ1n) is 4.60. The normalized spacial score (nSPS) is 16.7. The average molecular weight is 321 g/mol. The van der Waals surface area contributed by atoms with Gasteiger partial charge in [-0.2, -0.15) is 0 Å². The topological polar surface area (TPSA) is 25.2 Å². The van der Waals surface area contributed by atoms with E-state index < -0.39 is 0 Å². The first kappa shape index (κ1) is 10.5. The molecule has 1 saturated carbocycles. The molecule has 0 atom stereocenters. The molecule has 2 nitrogen and oxygen atoms in total. The zero-order valence-corrected chi connectivity index (χ0v) is 10.8. The van der Waals surface area contributed by atoms with Gasteiger partial charge < -0.3 is 9.73 Å². The van der Waals surface area contributed by atoms with Crippen molar-refractivity contribution in [2.45, 2.75) is 18.9 Å². The molecule has 1 N–H and O–H groups in total. The minimum absolute atomic E-state index is 0.743. The van der Waals surface area contributed by atoms with Crippen LogP contribution in [-0.4, -0.2) is 12.6 Å². The van der Waals surface area contributed by atoms with Crippen LogP contribution in [0.2, 0.25) is 0 Å². The van der Waals surface area contributed by atoms with Crippen molar-refractivity contribution in [1.82, 2.24) is 5.32 Å². The molecule has 76 valence electrons. The molecule has 1 aromatic rings. The Morgan fingerprint density at radius 2 is 2.29 bits per heavy atom. The molecular formula is C10H11Br2NO. The van der Waals surface area contributed by atoms with E-state index in [1.54, 1.807) is 0 Å². The fraction of sp³-hybridized carbons (Fsp3) is 0.400. The number of hydrogen-bond acceptors (Lipinski definition) is 2. The predicted molar refractivity (Wildman–Crippen MR) is 64.2 cm³/mol. The second-order valence-corrected chi connectivity index (χ2v) is 4.93. The first-order chi connectivity index (χ1) is 6.75. The fourth-order valence-corrected chi connectivity index (χ4v) is 1.75. The Kier molecular flexibility index (Phi) is 3.47. The third-order valence-corrected chi connectivity index (χ3v) is 3.76. The molecule has 1 aromatic heterocycles. The molecule has 0 radical (unpaired) electrons. The molecule has 0 amide bonds. The smallest absolute Gasteiger partial charge is 0.184 e. The van der Waals surface area contributed by atoms with Gasteiger partial charge in [0.2, 0.25) is 0 Å². The Balaban J connectivity index is 1.82. The van der Waals surface area contributed by atoms with Gasteiger partial charge in [0, 0.05) is 12.6 Å². The van der Waals surface area contributed by atoms with E-state index in [1.165, 1.54) is 12.8 Å². The maximum atomic E-state index is 5.39. The summed E-state index contributed by atoms with van der Waals surface area (Å²) >= 11 is 6.66. The molecular weight excluding hydrogens is 310 g/mol. The predicted octanol–water partition coefficient (Wildman–Crippen LogP) is 3.57. The molecule has 4 heteroatoms. The lowest BCUT2D eigenvalue weighted by atomic mass is 10.4. The fourth-order valence-electron chi connectivity index (χ4n) is 1.14. The van der Waals surface area contributed by atoms with E-state index in [1.807, 2.05) is 12.1 Å². The minimum atomic E-state index is 0.743. The summed E-state index contributed by atoms with van der Waals surface area (Å²) in [4.78, 5) is 0. The number of furan rings is 1. The highest BCUT2D eigenvalue weighted by Crippen LogP contribution is 2.27. The van der Waals surface area contributed by atoms with Crippen molar-refractivity contribution in [2.24, 2.45) is 0 Å². The van der Waals surface area contributed by atoms with Crippen molar-refractivity contribution in [3.8, 4) is 0 Å². The van der Waals surface area contributed by atoms with Gasteiger partial charge in [-0.25, -0.2) is 0 Å². The van der Waals surface area contributed by atoms with E-state index in [2.05, 4.69) is 43.3 Å². The summed E-state index contributed by atoms with van der Waals surface area (Å²) in [5, 5.41) is 3.40. The second-order valence-electron chi connectivity index (χ2n) is 3.36. The zero-order chi connectivity index (χ0) is 9.97. The van der Waals surface area contributed by atoms with Crippen LogP contribution in [0.1, 0.15) is 18.6 Å². The maximum absolute atomic E-state index is 5.39. The second kappa shape index (κ2) is 4.64. The van der Waals surface area contributed by atoms with Gasteiger partial charge in [-0.05, 0) is 56.8 Å². The zero-order valence-electron chi connectivity index (χ0n) is 7.59. The Morgan fingerprint density at radius 1 is 1.50 bits per heavy atom. The van der Waals surface area contributed by atoms with Crippen molar-refractivity contribution in [2.75, 3.05) is 6.54 Å². The summed E-state index contributed by atoms with van der Waals surface area (Å²) in [7, 11) is 0. The van der Waals surface area contributed by atoms with Gasteiger partial charge >= 0.3 is 0 Å². The van der Waals surface area contributed by atoms with Gasteiger partial charge in [-0.15, -0.1) is 0 Å². The maximum Gasteiger partial charge on any atom is 0.184 e. The van der Waals surface area contributed by atoms with Gasteiger partial charge in [0.25, 0.3) is 0 Å². The van der Waals surface area contributed by atoms with E-state index in [-0.39, 0.29) is 0 Å². The van der Waals surface area contributed by atoms with Gasteiger partial charge in [-0.3, -0.25) is 0 Å². The summed E-state index contributed by atoms with van der Waals surface area (Å²) in [6.07, 6.45) is 6.71. The SMILES string of the molecule is Brc1cc(C=CCNC2CC2)oc1Br. The lowest BCUT2D eigenvalue weighted by Gasteiger charge is -1.93. The van der Waals surface area contributed by atoms with E-state index in [9.17, 15) is 0 Å². The third-order valence-electron chi connectivity index (χ3n) is 2.05. The molecule has 0 aromatic carbocycles. The third kappa shape index (κ3) is 2.97. The van der Waals surface area contributed by atoms with Crippen LogP contribution in [0.4, 0.5) is 0 Å². The highest BCUT2D eigenvalue weighted by atomic mass is 79.9. The molecule has 0 aliphatic heterocycles. The van der Waals surface area contributed by atoms with Crippen LogP contribution in [0.25, 0.3) is 6.08 Å². The van der Waals surface area contributed by atoms with Crippen LogP contribution in [-0.2, 0) is 0 Å². The molecule has 0 bridgehead atoms. The van der Waals surface area contributed by atoms with Gasteiger partial charge in [0.1, 0.15) is 5.76 Å². The Hall–Kier alpha value is -0.0600. The molecule has 2 rings (SSSR count). The van der Waals surface area contributed by atoms with Crippen molar-refractivity contribution in [3.63, 3.8) is 0 Å². The van der Waals surface area contributed by atoms with Crippen LogP contribution in [0.3, 0.4) is 0 Å². The number of hydrogen-bond donors (Lipinski definition) is 1. The van der Waals surface area contributed by atoms with Crippen molar-refractivity contribution < 1.29 is 4.42 Å². The van der Waals surface area contributed by atoms with E-state index in [0.717, 1.165) is 27.5 Å². The summed E-state index contributed by atoms with van der Waals surface area (Å²) in [5.74, 6) is 0.862. The van der Waals surface area contributed by atoms with Crippen molar-refractivity contribution in [3.05, 3.63) is 27.0 Å². The summed E-state index contributed by atoms with van der Waals surface area (Å²) in [5.41, 5.74) is 0. The summed E-state index contributed by atoms with van der Waals surface area (Å²) in [6, 6.07) is 2.70. The van der Waals surface area contributed by atoms with Gasteiger partial charge in [-0.1, -0.05) is 6.08 Å². The molecule has 1 heterocycles. The Morgan fingerprint density at radius 3 is 2.86 bits per heavy atom. The molecule has 14 heavy (non-hydrogen) atoms. The van der Waals surface area contributed by atoms with Crippen molar-refractivity contribution >= 4 is 37.9 Å². The highest BCUT2D eigenvalue weighted by molar-refractivity contribution is 9.13. The molecule has 1 fully saturated rings. The van der Waals surface area contributed by atoms with Crippen LogP contribution in [0, 0.1) is 0 Å². The molecule has 0 spiro atoms. The Labute approximate surface area is 100 Å². The standard InChI is InChI=1S/C10H11Br2NO/c11-9-6-8(14-10(9)12)2-1-5-13-7-3-4-7/h1-2,6-7,13H,3-5H2. The van der Waals surface area contributed by atoms with Crippen molar-refractivity contribution in [1.29, 1.82) is 0 Å². The van der Waals surface area contributed by atoms with Crippen LogP contribution < -0.4 is 5.32 Å². The van der Waals surface area contributed by atoms with E-state index in [0.29, 0.717) is 0 Å². The first-order valence-corrected chi connectivity index (χ1v) is 6.19. The number of nitrogens with one attached hydrogen (secondary N) is 1. The average Bonchev–Trinajstić information content (AvgIpc) is 2.90. The largest absolute Gasteiger partial charge is 0.449 e. The minimum Gasteiger partial charge on any atom is -0.449 e. The molecule has 0 saturated heterocycles. The highest BCUT2D eigenvalue weighted by Gasteiger charge is 2.18. The van der Waals surface area contributed by atoms with Gasteiger partial charge in [0.05, 0.1) is 4.47 Å². The summed E-state index contributed by atoms with van der Waals surface area (Å²) < 4.78 is 7.09. The van der Waals surface area contributed by atoms with E-state index >= 15 is 0 Å². The van der Waals surface area contributed by atoms with Gasteiger partial charge in [0.15, 0.2) is 4.67 Å².